The maximum Gasteiger partial charge on any atom is 0.138 e. The van der Waals surface area contributed by atoms with Gasteiger partial charge in [-0.25, -0.2) is 0 Å². The summed E-state index contributed by atoms with van der Waals surface area (Å²) in [7, 11) is 0. The Hall–Kier alpha value is -1.35. The van der Waals surface area contributed by atoms with Crippen LogP contribution in [-0.4, -0.2) is 22.8 Å². The number of aliphatic hydroxyl groups is 1. The molecule has 0 radical (unpaired) electrons. The lowest BCUT2D eigenvalue weighted by Crippen LogP contribution is -2.05. The number of ether oxygens (including phenoxy) is 1. The highest BCUT2D eigenvalue weighted by atomic mass is 16.5. The van der Waals surface area contributed by atoms with Gasteiger partial charge in [0.15, 0.2) is 0 Å². The summed E-state index contributed by atoms with van der Waals surface area (Å²) in [5.74, 6) is 0.774. The molecule has 0 spiro atoms. The zero-order chi connectivity index (χ0) is 11.1. The van der Waals surface area contributed by atoms with Crippen molar-refractivity contribution in [2.75, 3.05) is 6.61 Å². The third-order valence-electron chi connectivity index (χ3n) is 1.71. The Labute approximate surface area is 90.4 Å². The van der Waals surface area contributed by atoms with Crippen LogP contribution in [0.3, 0.4) is 0 Å². The number of rotatable bonds is 5. The van der Waals surface area contributed by atoms with Crippen molar-refractivity contribution in [1.29, 1.82) is 0 Å². The zero-order valence-corrected chi connectivity index (χ0v) is 9.18. The van der Waals surface area contributed by atoms with E-state index in [9.17, 15) is 0 Å². The predicted molar refractivity (Wildman–Crippen MR) is 60.7 cm³/mol. The van der Waals surface area contributed by atoms with Gasteiger partial charge in [0, 0.05) is 12.8 Å². The number of hydrogen-bond acceptors (Lipinski definition) is 3. The largest absolute Gasteiger partial charge is 0.489 e. The maximum atomic E-state index is 8.63. The molecule has 0 aliphatic carbocycles. The van der Waals surface area contributed by atoms with E-state index in [2.05, 4.69) is 4.98 Å². The van der Waals surface area contributed by atoms with E-state index in [1.165, 1.54) is 0 Å². The molecule has 0 saturated carbocycles. The van der Waals surface area contributed by atoms with Gasteiger partial charge in [-0.3, -0.25) is 4.98 Å². The van der Waals surface area contributed by atoms with Crippen molar-refractivity contribution in [3.8, 4) is 5.75 Å². The molecule has 0 aliphatic heterocycles. The summed E-state index contributed by atoms with van der Waals surface area (Å²) in [6.45, 7) is 4.13. The molecular weight excluding hydrogens is 190 g/mol. The van der Waals surface area contributed by atoms with Crippen LogP contribution in [0.4, 0.5) is 0 Å². The summed E-state index contributed by atoms with van der Waals surface area (Å²) in [5, 5.41) is 8.63. The number of hydrogen-bond donors (Lipinski definition) is 1. The smallest absolute Gasteiger partial charge is 0.138 e. The molecule has 0 atom stereocenters. The molecule has 1 N–H and O–H groups in total. The predicted octanol–water partition coefficient (Wildman–Crippen LogP) is 2.26. The molecule has 0 aliphatic rings. The zero-order valence-electron chi connectivity index (χ0n) is 9.18. The first-order chi connectivity index (χ1) is 7.22. The van der Waals surface area contributed by atoms with Crippen molar-refractivity contribution in [2.45, 2.75) is 26.4 Å². The maximum absolute atomic E-state index is 8.63. The number of pyridine rings is 1. The van der Waals surface area contributed by atoms with Crippen LogP contribution in [0.25, 0.3) is 6.08 Å². The first kappa shape index (κ1) is 11.7. The molecule has 1 rings (SSSR count). The molecule has 3 heteroatoms. The van der Waals surface area contributed by atoms with E-state index in [1.54, 1.807) is 12.4 Å². The van der Waals surface area contributed by atoms with Crippen LogP contribution in [0.15, 0.2) is 24.5 Å². The topological polar surface area (TPSA) is 42.4 Å². The highest BCUT2D eigenvalue weighted by Gasteiger charge is 1.97. The molecule has 15 heavy (non-hydrogen) atoms. The SMILES string of the molecule is CC(C)Oc1cncc(C=CCCO)c1. The van der Waals surface area contributed by atoms with E-state index in [1.807, 2.05) is 32.1 Å². The Balaban J connectivity index is 2.65. The van der Waals surface area contributed by atoms with Gasteiger partial charge in [-0.2, -0.15) is 0 Å². The third kappa shape index (κ3) is 4.61. The summed E-state index contributed by atoms with van der Waals surface area (Å²) < 4.78 is 5.52. The number of nitrogens with zero attached hydrogens (tertiary/aromatic N) is 1. The number of aliphatic hydroxyl groups excluding tert-OH is 1. The van der Waals surface area contributed by atoms with Crippen molar-refractivity contribution in [3.05, 3.63) is 30.1 Å². The lowest BCUT2D eigenvalue weighted by Gasteiger charge is -2.08. The fraction of sp³-hybridized carbons (Fsp3) is 0.417. The van der Waals surface area contributed by atoms with Crippen LogP contribution in [0.2, 0.25) is 0 Å². The molecule has 0 aromatic carbocycles. The minimum Gasteiger partial charge on any atom is -0.489 e. The van der Waals surface area contributed by atoms with Crippen LogP contribution < -0.4 is 4.74 Å². The van der Waals surface area contributed by atoms with Crippen LogP contribution in [0.1, 0.15) is 25.8 Å². The Morgan fingerprint density at radius 1 is 1.47 bits per heavy atom. The van der Waals surface area contributed by atoms with Crippen molar-refractivity contribution >= 4 is 6.08 Å². The Kier molecular flexibility index (Phi) is 4.84. The van der Waals surface area contributed by atoms with Gasteiger partial charge in [-0.1, -0.05) is 12.2 Å². The summed E-state index contributed by atoms with van der Waals surface area (Å²) in [5.41, 5.74) is 0.988. The summed E-state index contributed by atoms with van der Waals surface area (Å²) in [6.07, 6.45) is 8.12. The first-order valence-electron chi connectivity index (χ1n) is 5.11. The van der Waals surface area contributed by atoms with E-state index < -0.39 is 0 Å². The van der Waals surface area contributed by atoms with Crippen LogP contribution in [0, 0.1) is 0 Å². The molecule has 82 valence electrons. The normalized spacial score (nSPS) is 11.2. The van der Waals surface area contributed by atoms with Gasteiger partial charge in [-0.15, -0.1) is 0 Å². The van der Waals surface area contributed by atoms with Crippen LogP contribution in [0.5, 0.6) is 5.75 Å². The Morgan fingerprint density at radius 2 is 2.27 bits per heavy atom. The van der Waals surface area contributed by atoms with Crippen LogP contribution >= 0.6 is 0 Å². The molecule has 0 bridgehead atoms. The molecule has 0 saturated heterocycles. The molecule has 0 unspecified atom stereocenters. The van der Waals surface area contributed by atoms with Gasteiger partial charge in [0.2, 0.25) is 0 Å². The van der Waals surface area contributed by atoms with Crippen molar-refractivity contribution in [2.24, 2.45) is 0 Å². The molecular formula is C12H17NO2. The molecule has 0 amide bonds. The molecule has 1 aromatic heterocycles. The highest BCUT2D eigenvalue weighted by molar-refractivity contribution is 5.49. The van der Waals surface area contributed by atoms with Gasteiger partial charge in [0.05, 0.1) is 12.3 Å². The second-order valence-corrected chi connectivity index (χ2v) is 3.54. The van der Waals surface area contributed by atoms with Gasteiger partial charge in [0.1, 0.15) is 5.75 Å². The van der Waals surface area contributed by atoms with E-state index in [0.29, 0.717) is 6.42 Å². The molecule has 0 fully saturated rings. The summed E-state index contributed by atoms with van der Waals surface area (Å²) in [6, 6.07) is 1.93. The summed E-state index contributed by atoms with van der Waals surface area (Å²) in [4.78, 5) is 4.08. The second-order valence-electron chi connectivity index (χ2n) is 3.54. The fourth-order valence-electron chi connectivity index (χ4n) is 1.16. The average Bonchev–Trinajstić information content (AvgIpc) is 2.18. The third-order valence-corrected chi connectivity index (χ3v) is 1.71. The number of aromatic nitrogens is 1. The van der Waals surface area contributed by atoms with Gasteiger partial charge in [-0.05, 0) is 31.9 Å². The van der Waals surface area contributed by atoms with Crippen LogP contribution in [-0.2, 0) is 0 Å². The van der Waals surface area contributed by atoms with Gasteiger partial charge < -0.3 is 9.84 Å². The summed E-state index contributed by atoms with van der Waals surface area (Å²) >= 11 is 0. The van der Waals surface area contributed by atoms with Gasteiger partial charge in [0.25, 0.3) is 0 Å². The second kappa shape index (κ2) is 6.19. The average molecular weight is 207 g/mol. The van der Waals surface area contributed by atoms with E-state index in [0.717, 1.165) is 11.3 Å². The Bertz CT molecular complexity index is 321. The van der Waals surface area contributed by atoms with Gasteiger partial charge >= 0.3 is 0 Å². The lowest BCUT2D eigenvalue weighted by atomic mass is 10.2. The molecule has 1 aromatic rings. The van der Waals surface area contributed by atoms with E-state index in [-0.39, 0.29) is 12.7 Å². The quantitative estimate of drug-likeness (QED) is 0.805. The fourth-order valence-corrected chi connectivity index (χ4v) is 1.16. The molecule has 3 nitrogen and oxygen atoms in total. The Morgan fingerprint density at radius 3 is 2.93 bits per heavy atom. The lowest BCUT2D eigenvalue weighted by molar-refractivity contribution is 0.241. The minimum atomic E-state index is 0.156. The molecule has 1 heterocycles. The standard InChI is InChI=1S/C12H17NO2/c1-10(2)15-12-7-11(8-13-9-12)5-3-4-6-14/h3,5,7-10,14H,4,6H2,1-2H3. The van der Waals surface area contributed by atoms with E-state index >= 15 is 0 Å². The van der Waals surface area contributed by atoms with Crippen molar-refractivity contribution < 1.29 is 9.84 Å². The van der Waals surface area contributed by atoms with E-state index in [4.69, 9.17) is 9.84 Å². The highest BCUT2D eigenvalue weighted by Crippen LogP contribution is 2.14. The monoisotopic (exact) mass is 207 g/mol. The minimum absolute atomic E-state index is 0.156. The first-order valence-corrected chi connectivity index (χ1v) is 5.11. The van der Waals surface area contributed by atoms with Crippen molar-refractivity contribution in [1.82, 2.24) is 4.98 Å². The van der Waals surface area contributed by atoms with Crippen molar-refractivity contribution in [3.63, 3.8) is 0 Å².